The third kappa shape index (κ3) is 3.14. The van der Waals surface area contributed by atoms with Gasteiger partial charge in [0.25, 0.3) is 0 Å². The van der Waals surface area contributed by atoms with E-state index in [1.807, 2.05) is 0 Å². The SMILES string of the molecule is CNc1ncc(Br)cc1N(CC1CC1)S(C)(=O)=O. The van der Waals surface area contributed by atoms with Crippen LogP contribution in [0.3, 0.4) is 0 Å². The van der Waals surface area contributed by atoms with Crippen LogP contribution < -0.4 is 9.62 Å². The number of aromatic nitrogens is 1. The summed E-state index contributed by atoms with van der Waals surface area (Å²) in [6.07, 6.45) is 5.08. The molecule has 0 atom stereocenters. The van der Waals surface area contributed by atoms with Gasteiger partial charge in [-0.3, -0.25) is 4.31 Å². The molecule has 1 heterocycles. The monoisotopic (exact) mass is 333 g/mol. The molecule has 1 aliphatic carbocycles. The molecule has 0 spiro atoms. The number of halogens is 1. The fraction of sp³-hybridized carbons (Fsp3) is 0.545. The minimum atomic E-state index is -3.29. The van der Waals surface area contributed by atoms with Crippen LogP contribution in [-0.4, -0.2) is 33.2 Å². The number of hydrogen-bond donors (Lipinski definition) is 1. The summed E-state index contributed by atoms with van der Waals surface area (Å²) in [5, 5.41) is 2.93. The van der Waals surface area contributed by atoms with Crippen molar-refractivity contribution in [2.45, 2.75) is 12.8 Å². The smallest absolute Gasteiger partial charge is 0.232 e. The van der Waals surface area contributed by atoms with Crippen molar-refractivity contribution in [1.82, 2.24) is 4.98 Å². The summed E-state index contributed by atoms with van der Waals surface area (Å²) < 4.78 is 26.1. The molecule has 1 aliphatic rings. The molecule has 0 saturated heterocycles. The third-order valence-corrected chi connectivity index (χ3v) is 4.44. The zero-order chi connectivity index (χ0) is 13.3. The maximum absolute atomic E-state index is 11.9. The molecule has 0 unspecified atom stereocenters. The molecule has 7 heteroatoms. The van der Waals surface area contributed by atoms with Gasteiger partial charge in [0.15, 0.2) is 0 Å². The van der Waals surface area contributed by atoms with Crippen molar-refractivity contribution in [3.63, 3.8) is 0 Å². The number of pyridine rings is 1. The van der Waals surface area contributed by atoms with Crippen LogP contribution in [0.4, 0.5) is 11.5 Å². The first-order chi connectivity index (χ1) is 8.41. The molecular weight excluding hydrogens is 318 g/mol. The molecular formula is C11H16BrN3O2S. The molecule has 18 heavy (non-hydrogen) atoms. The minimum Gasteiger partial charge on any atom is -0.371 e. The van der Waals surface area contributed by atoms with Crippen molar-refractivity contribution in [3.05, 3.63) is 16.7 Å². The first kappa shape index (κ1) is 13.6. The highest BCUT2D eigenvalue weighted by atomic mass is 79.9. The molecule has 1 fully saturated rings. The molecule has 1 aromatic rings. The van der Waals surface area contributed by atoms with Gasteiger partial charge in [-0.1, -0.05) is 0 Å². The largest absolute Gasteiger partial charge is 0.371 e. The van der Waals surface area contributed by atoms with E-state index < -0.39 is 10.0 Å². The number of hydrogen-bond acceptors (Lipinski definition) is 4. The number of nitrogens with one attached hydrogen (secondary N) is 1. The van der Waals surface area contributed by atoms with E-state index in [0.717, 1.165) is 17.3 Å². The second-order valence-electron chi connectivity index (χ2n) is 4.51. The second kappa shape index (κ2) is 5.05. The summed E-state index contributed by atoms with van der Waals surface area (Å²) in [5.74, 6) is 1.05. The molecule has 0 aromatic carbocycles. The van der Waals surface area contributed by atoms with Gasteiger partial charge in [-0.2, -0.15) is 0 Å². The Kier molecular flexibility index (Phi) is 3.82. The van der Waals surface area contributed by atoms with Crippen LogP contribution in [0.1, 0.15) is 12.8 Å². The Hall–Kier alpha value is -0.820. The van der Waals surface area contributed by atoms with Gasteiger partial charge in [0.1, 0.15) is 5.82 Å². The summed E-state index contributed by atoms with van der Waals surface area (Å²) in [6.45, 7) is 0.533. The Bertz CT molecular complexity index is 543. The maximum Gasteiger partial charge on any atom is 0.232 e. The highest BCUT2D eigenvalue weighted by molar-refractivity contribution is 9.10. The summed E-state index contributed by atoms with van der Waals surface area (Å²) in [6, 6.07) is 1.78. The summed E-state index contributed by atoms with van der Waals surface area (Å²) >= 11 is 3.33. The average molecular weight is 334 g/mol. The number of nitrogens with zero attached hydrogens (tertiary/aromatic N) is 2. The van der Waals surface area contributed by atoms with Crippen molar-refractivity contribution in [3.8, 4) is 0 Å². The van der Waals surface area contributed by atoms with Crippen molar-refractivity contribution < 1.29 is 8.42 Å². The molecule has 0 bridgehead atoms. The predicted molar refractivity (Wildman–Crippen MR) is 76.4 cm³/mol. The van der Waals surface area contributed by atoms with Crippen LogP contribution in [0, 0.1) is 5.92 Å². The molecule has 0 aliphatic heterocycles. The average Bonchev–Trinajstić information content (AvgIpc) is 3.08. The maximum atomic E-state index is 11.9. The van der Waals surface area contributed by atoms with E-state index in [1.54, 1.807) is 19.3 Å². The minimum absolute atomic E-state index is 0.475. The fourth-order valence-corrected chi connectivity index (χ4v) is 3.06. The van der Waals surface area contributed by atoms with E-state index in [2.05, 4.69) is 26.2 Å². The van der Waals surface area contributed by atoms with Gasteiger partial charge in [-0.05, 0) is 40.8 Å². The molecule has 0 radical (unpaired) electrons. The lowest BCUT2D eigenvalue weighted by molar-refractivity contribution is 0.594. The van der Waals surface area contributed by atoms with Gasteiger partial charge in [0.2, 0.25) is 10.0 Å². The first-order valence-electron chi connectivity index (χ1n) is 5.73. The Morgan fingerprint density at radius 1 is 1.56 bits per heavy atom. The van der Waals surface area contributed by atoms with Gasteiger partial charge in [-0.15, -0.1) is 0 Å². The molecule has 2 rings (SSSR count). The topological polar surface area (TPSA) is 62.3 Å². The lowest BCUT2D eigenvalue weighted by Crippen LogP contribution is -2.32. The summed E-state index contributed by atoms with van der Waals surface area (Å²) in [4.78, 5) is 4.19. The van der Waals surface area contributed by atoms with Crippen LogP contribution in [-0.2, 0) is 10.0 Å². The van der Waals surface area contributed by atoms with Gasteiger partial charge in [0, 0.05) is 24.3 Å². The van der Waals surface area contributed by atoms with E-state index >= 15 is 0 Å². The lowest BCUT2D eigenvalue weighted by atomic mass is 10.3. The number of anilines is 2. The van der Waals surface area contributed by atoms with Crippen LogP contribution in [0.15, 0.2) is 16.7 Å². The molecule has 0 amide bonds. The van der Waals surface area contributed by atoms with Crippen molar-refractivity contribution in [1.29, 1.82) is 0 Å². The number of rotatable bonds is 5. The zero-order valence-electron chi connectivity index (χ0n) is 10.4. The van der Waals surface area contributed by atoms with Crippen molar-refractivity contribution in [2.24, 2.45) is 5.92 Å². The summed E-state index contributed by atoms with van der Waals surface area (Å²) in [5.41, 5.74) is 0.598. The molecule has 5 nitrogen and oxygen atoms in total. The van der Waals surface area contributed by atoms with Gasteiger partial charge < -0.3 is 5.32 Å². The molecule has 100 valence electrons. The van der Waals surface area contributed by atoms with Gasteiger partial charge >= 0.3 is 0 Å². The van der Waals surface area contributed by atoms with Crippen molar-refractivity contribution >= 4 is 37.5 Å². The Labute approximate surface area is 116 Å². The quantitative estimate of drug-likeness (QED) is 0.895. The predicted octanol–water partition coefficient (Wildman–Crippen LogP) is 2.06. The molecule has 1 N–H and O–H groups in total. The first-order valence-corrected chi connectivity index (χ1v) is 8.37. The van der Waals surface area contributed by atoms with E-state index in [0.29, 0.717) is 24.0 Å². The number of sulfonamides is 1. The van der Waals surface area contributed by atoms with Crippen LogP contribution in [0.25, 0.3) is 0 Å². The van der Waals surface area contributed by atoms with Crippen LogP contribution in [0.2, 0.25) is 0 Å². The van der Waals surface area contributed by atoms with E-state index in [-0.39, 0.29) is 0 Å². The highest BCUT2D eigenvalue weighted by Crippen LogP contribution is 2.35. The Morgan fingerprint density at radius 3 is 2.72 bits per heavy atom. The molecule has 1 aromatic heterocycles. The third-order valence-electron chi connectivity index (χ3n) is 2.86. The zero-order valence-corrected chi connectivity index (χ0v) is 12.8. The van der Waals surface area contributed by atoms with E-state index in [4.69, 9.17) is 0 Å². The van der Waals surface area contributed by atoms with Crippen LogP contribution >= 0.6 is 15.9 Å². The van der Waals surface area contributed by atoms with Gasteiger partial charge in [0.05, 0.1) is 11.9 Å². The Balaban J connectivity index is 2.43. The molecule has 1 saturated carbocycles. The summed E-state index contributed by atoms with van der Waals surface area (Å²) in [7, 11) is -1.56. The normalized spacial score (nSPS) is 15.5. The van der Waals surface area contributed by atoms with Crippen molar-refractivity contribution in [2.75, 3.05) is 29.5 Å². The highest BCUT2D eigenvalue weighted by Gasteiger charge is 2.30. The fourth-order valence-electron chi connectivity index (χ4n) is 1.76. The lowest BCUT2D eigenvalue weighted by Gasteiger charge is -2.24. The Morgan fingerprint density at radius 2 is 2.22 bits per heavy atom. The van der Waals surface area contributed by atoms with E-state index in [1.165, 1.54) is 10.6 Å². The standard InChI is InChI=1S/C11H16BrN3O2S/c1-13-11-10(5-9(12)6-14-11)15(18(2,16)17)7-8-3-4-8/h5-6,8H,3-4,7H2,1-2H3,(H,13,14). The van der Waals surface area contributed by atoms with Crippen LogP contribution in [0.5, 0.6) is 0 Å². The van der Waals surface area contributed by atoms with Gasteiger partial charge in [-0.25, -0.2) is 13.4 Å². The van der Waals surface area contributed by atoms with E-state index in [9.17, 15) is 8.42 Å². The second-order valence-corrected chi connectivity index (χ2v) is 7.33.